The summed E-state index contributed by atoms with van der Waals surface area (Å²) in [6.07, 6.45) is -4.61. The zero-order valence-corrected chi connectivity index (χ0v) is 16.8. The molecule has 9 nitrogen and oxygen atoms in total. The van der Waals surface area contributed by atoms with Crippen LogP contribution >= 0.6 is 0 Å². The second-order valence-corrected chi connectivity index (χ2v) is 8.02. The normalized spacial score (nSPS) is 13.7. The number of hydrogen-bond donors (Lipinski definition) is 4. The van der Waals surface area contributed by atoms with Crippen molar-refractivity contribution in [2.45, 2.75) is 71.9 Å². The fourth-order valence-corrected chi connectivity index (χ4v) is 2.69. The van der Waals surface area contributed by atoms with Crippen molar-refractivity contribution >= 4 is 29.5 Å². The SMILES string of the molecule is CC(C)CC(NC(=O)CC(C)(C)CC(=O)O)C(=O)NC(CC(F)F)C(=O)C(=O)O. The summed E-state index contributed by atoms with van der Waals surface area (Å²) in [5.41, 5.74) is -0.897. The standard InChI is InChI=1S/C18H28F2N2O7/c1-9(2)5-11(21-13(23)7-18(3,4)8-14(24)25)16(27)22-10(6-12(19)20)15(26)17(28)29/h9-12H,5-8H2,1-4H3,(H,21,23)(H,22,27)(H,24,25)(H,28,29). The molecule has 0 aromatic heterocycles. The van der Waals surface area contributed by atoms with E-state index in [1.165, 1.54) is 0 Å². The zero-order valence-electron chi connectivity index (χ0n) is 16.8. The van der Waals surface area contributed by atoms with Crippen molar-refractivity contribution in [1.82, 2.24) is 10.6 Å². The van der Waals surface area contributed by atoms with E-state index in [0.717, 1.165) is 0 Å². The second-order valence-electron chi connectivity index (χ2n) is 8.02. The van der Waals surface area contributed by atoms with Gasteiger partial charge in [-0.3, -0.25) is 19.2 Å². The number of carbonyl (C=O) groups is 5. The van der Waals surface area contributed by atoms with Gasteiger partial charge in [0, 0.05) is 12.8 Å². The summed E-state index contributed by atoms with van der Waals surface area (Å²) in [6.45, 7) is 6.59. The number of amides is 2. The number of carboxylic acids is 2. The lowest BCUT2D eigenvalue weighted by Gasteiger charge is -2.26. The van der Waals surface area contributed by atoms with Crippen molar-refractivity contribution in [3.05, 3.63) is 0 Å². The number of halogens is 2. The molecule has 0 radical (unpaired) electrons. The van der Waals surface area contributed by atoms with Gasteiger partial charge in [-0.15, -0.1) is 0 Å². The molecule has 11 heteroatoms. The third-order valence-corrected chi connectivity index (χ3v) is 3.89. The molecule has 0 aliphatic rings. The van der Waals surface area contributed by atoms with Crippen molar-refractivity contribution in [2.24, 2.45) is 11.3 Å². The minimum atomic E-state index is -3.03. The van der Waals surface area contributed by atoms with Crippen molar-refractivity contribution in [2.75, 3.05) is 0 Å². The molecule has 0 aromatic carbocycles. The highest BCUT2D eigenvalue weighted by atomic mass is 19.3. The molecule has 0 spiro atoms. The van der Waals surface area contributed by atoms with Gasteiger partial charge in [-0.05, 0) is 17.8 Å². The molecule has 166 valence electrons. The van der Waals surface area contributed by atoms with Crippen molar-refractivity contribution in [3.63, 3.8) is 0 Å². The highest BCUT2D eigenvalue weighted by molar-refractivity contribution is 6.35. The lowest BCUT2D eigenvalue weighted by atomic mass is 9.85. The first-order valence-electron chi connectivity index (χ1n) is 9.01. The van der Waals surface area contributed by atoms with Gasteiger partial charge in [0.1, 0.15) is 12.1 Å². The van der Waals surface area contributed by atoms with Gasteiger partial charge in [0.2, 0.25) is 18.2 Å². The molecule has 4 N–H and O–H groups in total. The van der Waals surface area contributed by atoms with Crippen molar-refractivity contribution in [3.8, 4) is 0 Å². The predicted molar refractivity (Wildman–Crippen MR) is 97.2 cm³/mol. The zero-order chi connectivity index (χ0) is 22.9. The summed E-state index contributed by atoms with van der Waals surface area (Å²) in [7, 11) is 0. The van der Waals surface area contributed by atoms with E-state index in [1.54, 1.807) is 27.7 Å². The van der Waals surface area contributed by atoms with Crippen LogP contribution in [-0.2, 0) is 24.0 Å². The Labute approximate surface area is 167 Å². The molecule has 2 atom stereocenters. The van der Waals surface area contributed by atoms with E-state index in [1.807, 2.05) is 5.32 Å². The van der Waals surface area contributed by atoms with Gasteiger partial charge in [-0.2, -0.15) is 0 Å². The highest BCUT2D eigenvalue weighted by Crippen LogP contribution is 2.25. The topological polar surface area (TPSA) is 150 Å². The molecule has 29 heavy (non-hydrogen) atoms. The minimum absolute atomic E-state index is 0.0968. The summed E-state index contributed by atoms with van der Waals surface area (Å²) >= 11 is 0. The maximum absolute atomic E-state index is 12.7. The third kappa shape index (κ3) is 11.1. The summed E-state index contributed by atoms with van der Waals surface area (Å²) < 4.78 is 25.3. The average Bonchev–Trinajstić information content (AvgIpc) is 2.49. The molecule has 0 aliphatic carbocycles. The molecular weight excluding hydrogens is 394 g/mol. The molecule has 0 bridgehead atoms. The Balaban J connectivity index is 5.30. The summed E-state index contributed by atoms with van der Waals surface area (Å²) in [6, 6.07) is -3.14. The van der Waals surface area contributed by atoms with Crippen LogP contribution in [0.2, 0.25) is 0 Å². The van der Waals surface area contributed by atoms with Crippen LogP contribution in [0.5, 0.6) is 0 Å². The van der Waals surface area contributed by atoms with Crippen LogP contribution in [0.1, 0.15) is 53.4 Å². The number of ketones is 1. The molecule has 0 fully saturated rings. The van der Waals surface area contributed by atoms with E-state index in [0.29, 0.717) is 0 Å². The first-order chi connectivity index (χ1) is 13.1. The maximum Gasteiger partial charge on any atom is 0.374 e. The van der Waals surface area contributed by atoms with Crippen LogP contribution in [0, 0.1) is 11.3 Å². The Morgan fingerprint density at radius 2 is 1.45 bits per heavy atom. The van der Waals surface area contributed by atoms with Gasteiger partial charge < -0.3 is 20.8 Å². The Kier molecular flexibility index (Phi) is 10.4. The van der Waals surface area contributed by atoms with E-state index in [9.17, 15) is 32.8 Å². The van der Waals surface area contributed by atoms with Gasteiger partial charge in [0.15, 0.2) is 0 Å². The molecule has 0 heterocycles. The number of carbonyl (C=O) groups excluding carboxylic acids is 3. The van der Waals surface area contributed by atoms with Crippen LogP contribution in [-0.4, -0.2) is 58.3 Å². The van der Waals surface area contributed by atoms with Gasteiger partial charge in [0.05, 0.1) is 6.42 Å². The number of Topliss-reactive ketones (excluding diaryl/α,β-unsaturated/α-hetero) is 1. The highest BCUT2D eigenvalue weighted by Gasteiger charge is 2.33. The second kappa shape index (κ2) is 11.4. The van der Waals surface area contributed by atoms with E-state index < -0.39 is 59.9 Å². The molecule has 0 rings (SSSR count). The smallest absolute Gasteiger partial charge is 0.374 e. The Morgan fingerprint density at radius 3 is 1.86 bits per heavy atom. The number of carboxylic acid groups (broad SMARTS) is 2. The van der Waals surface area contributed by atoms with Crippen LogP contribution in [0.4, 0.5) is 8.78 Å². The fourth-order valence-electron chi connectivity index (χ4n) is 2.69. The van der Waals surface area contributed by atoms with Gasteiger partial charge in [-0.25, -0.2) is 13.6 Å². The monoisotopic (exact) mass is 422 g/mol. The molecular formula is C18H28F2N2O7. The lowest BCUT2D eigenvalue weighted by Crippen LogP contribution is -2.53. The number of alkyl halides is 2. The van der Waals surface area contributed by atoms with E-state index in [2.05, 4.69) is 5.32 Å². The Bertz CT molecular complexity index is 636. The quantitative estimate of drug-likeness (QED) is 0.326. The summed E-state index contributed by atoms with van der Waals surface area (Å²) in [5.74, 6) is -6.36. The van der Waals surface area contributed by atoms with Gasteiger partial charge in [-0.1, -0.05) is 27.7 Å². The maximum atomic E-state index is 12.7. The van der Waals surface area contributed by atoms with Gasteiger partial charge >= 0.3 is 11.9 Å². The average molecular weight is 422 g/mol. The fraction of sp³-hybridized carbons (Fsp3) is 0.722. The summed E-state index contributed by atoms with van der Waals surface area (Å²) in [4.78, 5) is 58.0. The number of nitrogens with one attached hydrogen (secondary N) is 2. The molecule has 2 unspecified atom stereocenters. The van der Waals surface area contributed by atoms with E-state index in [-0.39, 0.29) is 25.2 Å². The first-order valence-corrected chi connectivity index (χ1v) is 9.01. The van der Waals surface area contributed by atoms with Gasteiger partial charge in [0.25, 0.3) is 5.78 Å². The molecule has 0 aromatic rings. The first kappa shape index (κ1) is 26.4. The Hall–Kier alpha value is -2.59. The molecule has 0 saturated carbocycles. The predicted octanol–water partition coefficient (Wildman–Crippen LogP) is 1.20. The largest absolute Gasteiger partial charge is 0.481 e. The van der Waals surface area contributed by atoms with E-state index >= 15 is 0 Å². The summed E-state index contributed by atoms with van der Waals surface area (Å²) in [5, 5.41) is 22.0. The van der Waals surface area contributed by atoms with E-state index in [4.69, 9.17) is 10.2 Å². The molecule has 0 saturated heterocycles. The lowest BCUT2D eigenvalue weighted by molar-refractivity contribution is -0.151. The van der Waals surface area contributed by atoms with Crippen LogP contribution in [0.3, 0.4) is 0 Å². The van der Waals surface area contributed by atoms with Crippen LogP contribution in [0.25, 0.3) is 0 Å². The molecule has 2 amide bonds. The minimum Gasteiger partial charge on any atom is -0.481 e. The van der Waals surface area contributed by atoms with Crippen molar-refractivity contribution in [1.29, 1.82) is 0 Å². The number of hydrogen-bond acceptors (Lipinski definition) is 5. The van der Waals surface area contributed by atoms with Crippen LogP contribution in [0.15, 0.2) is 0 Å². The molecule has 0 aliphatic heterocycles. The Morgan fingerprint density at radius 1 is 0.897 bits per heavy atom. The number of rotatable bonds is 13. The van der Waals surface area contributed by atoms with Crippen molar-refractivity contribution < 1.29 is 43.0 Å². The number of aliphatic carboxylic acids is 2. The van der Waals surface area contributed by atoms with Crippen LogP contribution < -0.4 is 10.6 Å². The third-order valence-electron chi connectivity index (χ3n) is 3.89.